The molecule has 3 aliphatic rings. The van der Waals surface area contributed by atoms with E-state index in [0.29, 0.717) is 33.4 Å². The molecule has 7 atom stereocenters. The van der Waals surface area contributed by atoms with Crippen LogP contribution in [0.5, 0.6) is 0 Å². The third-order valence-corrected chi connectivity index (χ3v) is 12.8. The number of hydrogen-bond acceptors (Lipinski definition) is 6. The van der Waals surface area contributed by atoms with E-state index in [2.05, 4.69) is 47.8 Å². The van der Waals surface area contributed by atoms with Crippen LogP contribution in [-0.2, 0) is 14.3 Å². The molecule has 0 spiro atoms. The third kappa shape index (κ3) is 4.77. The first-order chi connectivity index (χ1) is 21.1. The lowest BCUT2D eigenvalue weighted by Gasteiger charge is -2.28. The molecule has 7 nitrogen and oxygen atoms in total. The molecule has 0 radical (unpaired) electrons. The molecule has 4 aromatic rings. The summed E-state index contributed by atoms with van der Waals surface area (Å²) in [5.41, 5.74) is 3.03. The molecule has 7 rings (SSSR count). The number of hydrogen-bond donors (Lipinski definition) is 0. The first-order valence-corrected chi connectivity index (χ1v) is 16.9. The molecule has 44 heavy (non-hydrogen) atoms. The number of alkyl halides is 2. The van der Waals surface area contributed by atoms with Crippen LogP contribution in [0.4, 0.5) is 5.69 Å². The Morgan fingerprint density at radius 1 is 0.886 bits per heavy atom. The van der Waals surface area contributed by atoms with Crippen molar-refractivity contribution in [2.45, 2.75) is 29.1 Å². The first-order valence-electron chi connectivity index (χ1n) is 14.3. The quantitative estimate of drug-likeness (QED) is 0.0879. The smallest absolute Gasteiger partial charge is 0.339 e. The van der Waals surface area contributed by atoms with Gasteiger partial charge in [-0.25, -0.2) is 9.78 Å². The number of amides is 2. The number of anilines is 1. The Kier molecular flexibility index (Phi) is 7.58. The van der Waals surface area contributed by atoms with E-state index in [1.54, 1.807) is 73.7 Å². The number of Topliss-reactive ketones (excluding diaryl/α,β-unsaturated/α-hetero) is 1. The van der Waals surface area contributed by atoms with Gasteiger partial charge in [-0.15, -0.1) is 0 Å². The lowest BCUT2D eigenvalue weighted by molar-refractivity contribution is -0.123. The van der Waals surface area contributed by atoms with Gasteiger partial charge in [0, 0.05) is 30.6 Å². The molecular formula is C34H25Br3N2O5. The van der Waals surface area contributed by atoms with Crippen LogP contribution in [0.3, 0.4) is 0 Å². The topological polar surface area (TPSA) is 93.6 Å². The summed E-state index contributed by atoms with van der Waals surface area (Å²) in [5, 5.41) is 0.578. The Bertz CT molecular complexity index is 1820. The summed E-state index contributed by atoms with van der Waals surface area (Å²) in [4.78, 5) is 59.8. The number of nitrogens with zero attached hydrogens (tertiary/aromatic N) is 2. The lowest BCUT2D eigenvalue weighted by atomic mass is 9.81. The van der Waals surface area contributed by atoms with E-state index in [9.17, 15) is 19.2 Å². The number of rotatable bonds is 6. The minimum Gasteiger partial charge on any atom is -0.451 e. The summed E-state index contributed by atoms with van der Waals surface area (Å²) < 4.78 is 6.42. The average Bonchev–Trinajstić information content (AvgIpc) is 3.65. The van der Waals surface area contributed by atoms with E-state index in [0.717, 1.165) is 10.9 Å². The summed E-state index contributed by atoms with van der Waals surface area (Å²) in [7, 11) is 0. The lowest BCUT2D eigenvalue weighted by Crippen LogP contribution is -2.37. The van der Waals surface area contributed by atoms with Gasteiger partial charge in [0.1, 0.15) is 0 Å². The van der Waals surface area contributed by atoms with Crippen LogP contribution in [0.2, 0.25) is 0 Å². The van der Waals surface area contributed by atoms with Crippen LogP contribution in [0.1, 0.15) is 34.1 Å². The molecule has 3 fully saturated rings. The summed E-state index contributed by atoms with van der Waals surface area (Å²) in [6, 6.07) is 22.9. The highest BCUT2D eigenvalue weighted by molar-refractivity contribution is 9.12. The van der Waals surface area contributed by atoms with Crippen molar-refractivity contribution < 1.29 is 23.9 Å². The van der Waals surface area contributed by atoms with Gasteiger partial charge in [0.2, 0.25) is 17.6 Å². The minimum atomic E-state index is -0.993. The zero-order valence-corrected chi connectivity index (χ0v) is 28.1. The highest BCUT2D eigenvalue weighted by atomic mass is 79.9. The highest BCUT2D eigenvalue weighted by Gasteiger charge is 2.66. The maximum absolute atomic E-state index is 13.5. The van der Waals surface area contributed by atoms with Crippen molar-refractivity contribution in [1.82, 2.24) is 4.98 Å². The van der Waals surface area contributed by atoms with Crippen LogP contribution in [0.15, 0.2) is 83.3 Å². The van der Waals surface area contributed by atoms with Gasteiger partial charge in [-0.3, -0.25) is 19.3 Å². The molecule has 10 heteroatoms. The number of pyridine rings is 1. The Labute approximate surface area is 278 Å². The number of ether oxygens (including phenoxy) is 1. The second kappa shape index (κ2) is 11.3. The predicted molar refractivity (Wildman–Crippen MR) is 177 cm³/mol. The molecular weight excluding hydrogens is 756 g/mol. The van der Waals surface area contributed by atoms with Gasteiger partial charge in [-0.2, -0.15) is 0 Å². The van der Waals surface area contributed by atoms with Crippen molar-refractivity contribution in [3.8, 4) is 11.3 Å². The molecule has 1 aliphatic heterocycles. The fourth-order valence-electron chi connectivity index (χ4n) is 7.01. The van der Waals surface area contributed by atoms with Crippen LogP contribution < -0.4 is 4.90 Å². The van der Waals surface area contributed by atoms with Gasteiger partial charge < -0.3 is 4.74 Å². The zero-order valence-electron chi connectivity index (χ0n) is 23.3. The summed E-state index contributed by atoms with van der Waals surface area (Å²) in [5.74, 6) is -1.52. The van der Waals surface area contributed by atoms with E-state index in [-0.39, 0.29) is 56.5 Å². The number of esters is 1. The Balaban J connectivity index is 1.18. The van der Waals surface area contributed by atoms with E-state index < -0.39 is 12.1 Å². The van der Waals surface area contributed by atoms with Crippen molar-refractivity contribution in [1.29, 1.82) is 0 Å². The van der Waals surface area contributed by atoms with Crippen molar-refractivity contribution in [2.24, 2.45) is 23.7 Å². The monoisotopic (exact) mass is 778 g/mol. The van der Waals surface area contributed by atoms with E-state index >= 15 is 0 Å². The van der Waals surface area contributed by atoms with E-state index in [1.807, 2.05) is 12.1 Å². The fourth-order valence-corrected chi connectivity index (χ4v) is 9.25. The normalized spacial score (nSPS) is 26.2. The SMILES string of the molecule is CC(OC(=O)c1cc(-c2ccc(N3C(=O)C4C5CC(C(Br)C5Br)C4C3=O)cc2)nc2ccc(Br)cc12)C(=O)c1ccccc1. The maximum Gasteiger partial charge on any atom is 0.339 e. The first kappa shape index (κ1) is 29.5. The molecule has 222 valence electrons. The number of carbonyl (C=O) groups excluding carboxylic acids is 4. The van der Waals surface area contributed by atoms with Crippen LogP contribution in [0, 0.1) is 23.7 Å². The van der Waals surface area contributed by atoms with E-state index in [1.165, 1.54) is 4.90 Å². The van der Waals surface area contributed by atoms with Crippen LogP contribution >= 0.6 is 47.8 Å². The highest BCUT2D eigenvalue weighted by Crippen LogP contribution is 2.60. The van der Waals surface area contributed by atoms with Gasteiger partial charge >= 0.3 is 5.97 Å². The molecule has 2 amide bonds. The van der Waals surface area contributed by atoms with Crippen LogP contribution in [-0.4, -0.2) is 44.3 Å². The van der Waals surface area contributed by atoms with Crippen LogP contribution in [0.25, 0.3) is 22.2 Å². The molecule has 2 bridgehead atoms. The van der Waals surface area contributed by atoms with Crippen molar-refractivity contribution in [3.63, 3.8) is 0 Å². The standard InChI is InChI=1S/C34H25Br3N2O5/c1-16(31(40)18-5-3-2-4-6-18)44-34(43)22-15-26(38-25-12-9-19(35)13-21(22)25)17-7-10-20(11-8-17)39-32(41)27-23-14-24(28(27)33(39)42)30(37)29(23)36/h2-13,15-16,23-24,27-30H,14H2,1H3. The number of carbonyl (C=O) groups is 4. The molecule has 2 saturated carbocycles. The minimum absolute atomic E-state index is 0.136. The Hall–Kier alpha value is -3.21. The number of fused-ring (bicyclic) bond motifs is 6. The summed E-state index contributed by atoms with van der Waals surface area (Å²) in [6.07, 6.45) is -0.118. The molecule has 3 aromatic carbocycles. The maximum atomic E-state index is 13.5. The second-order valence-electron chi connectivity index (χ2n) is 11.6. The molecule has 0 N–H and O–H groups in total. The van der Waals surface area contributed by atoms with Crippen molar-refractivity contribution in [2.75, 3.05) is 4.90 Å². The number of imide groups is 1. The number of aromatic nitrogens is 1. The molecule has 2 aliphatic carbocycles. The van der Waals surface area contributed by atoms with Gasteiger partial charge in [0.05, 0.1) is 34.3 Å². The number of ketones is 1. The number of halogens is 3. The van der Waals surface area contributed by atoms with Gasteiger partial charge in [0.25, 0.3) is 0 Å². The van der Waals surface area contributed by atoms with Crippen molar-refractivity contribution >= 4 is 87.9 Å². The van der Waals surface area contributed by atoms with Gasteiger partial charge in [-0.05, 0) is 61.6 Å². The predicted octanol–water partition coefficient (Wildman–Crippen LogP) is 7.37. The van der Waals surface area contributed by atoms with E-state index in [4.69, 9.17) is 9.72 Å². The average molecular weight is 781 g/mol. The number of benzene rings is 3. The molecule has 1 saturated heterocycles. The molecule has 2 heterocycles. The largest absolute Gasteiger partial charge is 0.451 e. The van der Waals surface area contributed by atoms with Gasteiger partial charge in [-0.1, -0.05) is 90.3 Å². The summed E-state index contributed by atoms with van der Waals surface area (Å²) >= 11 is 10.9. The fraction of sp³-hybridized carbons (Fsp3) is 0.265. The zero-order chi connectivity index (χ0) is 30.9. The summed E-state index contributed by atoms with van der Waals surface area (Å²) in [6.45, 7) is 1.56. The van der Waals surface area contributed by atoms with Gasteiger partial charge in [0.15, 0.2) is 6.10 Å². The van der Waals surface area contributed by atoms with Crippen molar-refractivity contribution in [3.05, 3.63) is 94.5 Å². The second-order valence-corrected chi connectivity index (χ2v) is 14.6. The molecule has 1 aromatic heterocycles. The Morgan fingerprint density at radius 2 is 1.52 bits per heavy atom. The third-order valence-electron chi connectivity index (χ3n) is 9.11. The Morgan fingerprint density at radius 3 is 2.16 bits per heavy atom. The molecule has 7 unspecified atom stereocenters.